The van der Waals surface area contributed by atoms with Gasteiger partial charge >= 0.3 is 0 Å². The van der Waals surface area contributed by atoms with Crippen molar-refractivity contribution in [1.29, 1.82) is 0 Å². The molecule has 1 saturated carbocycles. The summed E-state index contributed by atoms with van der Waals surface area (Å²) in [5, 5.41) is 0. The second kappa shape index (κ2) is 6.58. The molecule has 2 heteroatoms. The van der Waals surface area contributed by atoms with Crippen molar-refractivity contribution in [2.75, 3.05) is 6.61 Å². The molecule has 0 unspecified atom stereocenters. The molecule has 2 N–H and O–H groups in total. The lowest BCUT2D eigenvalue weighted by Crippen LogP contribution is -2.30. The van der Waals surface area contributed by atoms with Crippen LogP contribution >= 0.6 is 0 Å². The largest absolute Gasteiger partial charge is 0.374 e. The van der Waals surface area contributed by atoms with Crippen LogP contribution in [0.15, 0.2) is 36.4 Å². The second-order valence-electron chi connectivity index (χ2n) is 4.68. The normalized spacial score (nSPS) is 25.2. The molecule has 17 heavy (non-hydrogen) atoms. The van der Waals surface area contributed by atoms with E-state index in [0.29, 0.717) is 18.8 Å². The molecule has 0 spiro atoms. The van der Waals surface area contributed by atoms with E-state index in [1.807, 2.05) is 18.2 Å². The van der Waals surface area contributed by atoms with Gasteiger partial charge in [-0.2, -0.15) is 0 Å². The first-order chi connectivity index (χ1) is 8.34. The molecule has 1 aliphatic carbocycles. The molecule has 0 amide bonds. The first-order valence-electron chi connectivity index (χ1n) is 6.43. The Morgan fingerprint density at radius 3 is 2.53 bits per heavy atom. The molecular weight excluding hydrogens is 210 g/mol. The summed E-state index contributed by atoms with van der Waals surface area (Å²) in [4.78, 5) is 0. The lowest BCUT2D eigenvalue weighted by atomic mass is 9.94. The fraction of sp³-hybridized carbons (Fsp3) is 0.467. The summed E-state index contributed by atoms with van der Waals surface area (Å²) >= 11 is 0. The third-order valence-corrected chi connectivity index (χ3v) is 3.26. The Kier molecular flexibility index (Phi) is 4.77. The highest BCUT2D eigenvalue weighted by atomic mass is 16.5. The van der Waals surface area contributed by atoms with Crippen LogP contribution < -0.4 is 5.73 Å². The van der Waals surface area contributed by atoms with E-state index in [-0.39, 0.29) is 0 Å². The molecule has 1 aliphatic rings. The maximum absolute atomic E-state index is 5.86. The minimum absolute atomic E-state index is 0.398. The molecule has 0 bridgehead atoms. The van der Waals surface area contributed by atoms with E-state index in [0.717, 1.165) is 25.7 Å². The third kappa shape index (κ3) is 4.33. The maximum atomic E-state index is 5.86. The van der Waals surface area contributed by atoms with Crippen LogP contribution in [0.5, 0.6) is 0 Å². The highest BCUT2D eigenvalue weighted by Gasteiger charge is 2.17. The minimum Gasteiger partial charge on any atom is -0.374 e. The maximum Gasteiger partial charge on any atom is 0.0654 e. The number of hydrogen-bond donors (Lipinski definition) is 1. The summed E-state index contributed by atoms with van der Waals surface area (Å²) < 4.78 is 5.81. The second-order valence-corrected chi connectivity index (χ2v) is 4.68. The van der Waals surface area contributed by atoms with Crippen LogP contribution in [0.4, 0.5) is 0 Å². The lowest BCUT2D eigenvalue weighted by Gasteiger charge is -2.25. The molecule has 0 saturated heterocycles. The van der Waals surface area contributed by atoms with Crippen LogP contribution in [0.1, 0.15) is 31.2 Å². The Bertz CT molecular complexity index is 339. The summed E-state index contributed by atoms with van der Waals surface area (Å²) in [5.41, 5.74) is 7.08. The Morgan fingerprint density at radius 1 is 1.12 bits per heavy atom. The Labute approximate surface area is 103 Å². The van der Waals surface area contributed by atoms with E-state index in [4.69, 9.17) is 10.5 Å². The average Bonchev–Trinajstić information content (AvgIpc) is 2.38. The number of benzene rings is 1. The van der Waals surface area contributed by atoms with Crippen molar-refractivity contribution >= 4 is 6.08 Å². The first kappa shape index (κ1) is 12.3. The van der Waals surface area contributed by atoms with Crippen LogP contribution in [0, 0.1) is 0 Å². The Hall–Kier alpha value is -1.12. The molecule has 0 atom stereocenters. The zero-order valence-corrected chi connectivity index (χ0v) is 10.2. The van der Waals surface area contributed by atoms with Crippen LogP contribution in [-0.2, 0) is 4.74 Å². The van der Waals surface area contributed by atoms with Gasteiger partial charge in [0.2, 0.25) is 0 Å². The molecule has 0 radical (unpaired) electrons. The van der Waals surface area contributed by atoms with E-state index in [9.17, 15) is 0 Å². The molecule has 1 aromatic rings. The summed E-state index contributed by atoms with van der Waals surface area (Å²) in [6.45, 7) is 0.703. The van der Waals surface area contributed by atoms with E-state index in [1.54, 1.807) is 0 Å². The van der Waals surface area contributed by atoms with Crippen molar-refractivity contribution in [3.63, 3.8) is 0 Å². The van der Waals surface area contributed by atoms with Crippen LogP contribution in [0.2, 0.25) is 0 Å². The minimum atomic E-state index is 0.398. The van der Waals surface area contributed by atoms with E-state index < -0.39 is 0 Å². The smallest absolute Gasteiger partial charge is 0.0654 e. The Morgan fingerprint density at radius 2 is 1.82 bits per heavy atom. The van der Waals surface area contributed by atoms with Gasteiger partial charge in [-0.3, -0.25) is 0 Å². The molecule has 2 nitrogen and oxygen atoms in total. The van der Waals surface area contributed by atoms with Crippen LogP contribution in [-0.4, -0.2) is 18.8 Å². The van der Waals surface area contributed by atoms with Gasteiger partial charge in [0.05, 0.1) is 12.7 Å². The van der Waals surface area contributed by atoms with Gasteiger partial charge in [-0.05, 0) is 31.2 Å². The molecule has 0 heterocycles. The van der Waals surface area contributed by atoms with Crippen LogP contribution in [0.3, 0.4) is 0 Å². The van der Waals surface area contributed by atoms with Crippen molar-refractivity contribution in [2.24, 2.45) is 5.73 Å². The van der Waals surface area contributed by atoms with E-state index >= 15 is 0 Å². The summed E-state index contributed by atoms with van der Waals surface area (Å²) in [6, 6.07) is 10.7. The van der Waals surface area contributed by atoms with Crippen molar-refractivity contribution in [3.05, 3.63) is 42.0 Å². The van der Waals surface area contributed by atoms with E-state index in [1.165, 1.54) is 5.56 Å². The average molecular weight is 231 g/mol. The summed E-state index contributed by atoms with van der Waals surface area (Å²) in [6.07, 6.45) is 9.04. The molecule has 2 rings (SSSR count). The topological polar surface area (TPSA) is 35.2 Å². The van der Waals surface area contributed by atoms with E-state index in [2.05, 4.69) is 24.3 Å². The standard InChI is InChI=1S/C15H21NO/c16-14-8-10-15(11-9-14)17-12-4-7-13-5-2-1-3-6-13/h1-7,14-15H,8-12,16H2. The number of nitrogens with two attached hydrogens (primary N) is 1. The monoisotopic (exact) mass is 231 g/mol. The van der Waals surface area contributed by atoms with Gasteiger partial charge in [0.15, 0.2) is 0 Å². The van der Waals surface area contributed by atoms with Gasteiger partial charge in [0, 0.05) is 6.04 Å². The lowest BCUT2D eigenvalue weighted by molar-refractivity contribution is 0.0430. The van der Waals surface area contributed by atoms with Crippen molar-refractivity contribution < 1.29 is 4.74 Å². The summed E-state index contributed by atoms with van der Waals surface area (Å²) in [5.74, 6) is 0. The molecule has 1 aromatic carbocycles. The van der Waals surface area contributed by atoms with Gasteiger partial charge in [-0.1, -0.05) is 42.5 Å². The zero-order valence-electron chi connectivity index (χ0n) is 10.2. The van der Waals surface area contributed by atoms with Gasteiger partial charge in [0.1, 0.15) is 0 Å². The predicted molar refractivity (Wildman–Crippen MR) is 71.7 cm³/mol. The zero-order chi connectivity index (χ0) is 11.9. The van der Waals surface area contributed by atoms with Crippen molar-refractivity contribution in [2.45, 2.75) is 37.8 Å². The van der Waals surface area contributed by atoms with Gasteiger partial charge in [-0.25, -0.2) is 0 Å². The quantitative estimate of drug-likeness (QED) is 0.864. The molecule has 0 aliphatic heterocycles. The molecule has 1 fully saturated rings. The SMILES string of the molecule is NC1CCC(OCC=Cc2ccccc2)CC1. The Balaban J connectivity index is 1.68. The highest BCUT2D eigenvalue weighted by Crippen LogP contribution is 2.19. The number of rotatable bonds is 4. The van der Waals surface area contributed by atoms with Crippen molar-refractivity contribution in [1.82, 2.24) is 0 Å². The summed E-state index contributed by atoms with van der Waals surface area (Å²) in [7, 11) is 0. The molecular formula is C15H21NO. The third-order valence-electron chi connectivity index (χ3n) is 3.26. The first-order valence-corrected chi connectivity index (χ1v) is 6.43. The fourth-order valence-corrected chi connectivity index (χ4v) is 2.20. The molecule has 92 valence electrons. The van der Waals surface area contributed by atoms with Gasteiger partial charge < -0.3 is 10.5 Å². The predicted octanol–water partition coefficient (Wildman–Crippen LogP) is 2.99. The van der Waals surface area contributed by atoms with Crippen molar-refractivity contribution in [3.8, 4) is 0 Å². The fourth-order valence-electron chi connectivity index (χ4n) is 2.20. The molecule has 0 aromatic heterocycles. The van der Waals surface area contributed by atoms with Gasteiger partial charge in [-0.15, -0.1) is 0 Å². The van der Waals surface area contributed by atoms with Crippen LogP contribution in [0.25, 0.3) is 6.08 Å². The van der Waals surface area contributed by atoms with Gasteiger partial charge in [0.25, 0.3) is 0 Å². The highest BCUT2D eigenvalue weighted by molar-refractivity contribution is 5.48. The number of hydrogen-bond acceptors (Lipinski definition) is 2. The number of ether oxygens (including phenoxy) is 1.